The number of hydrogen-bond donors (Lipinski definition) is 3. The van der Waals surface area contributed by atoms with Crippen LogP contribution in [0, 0.1) is 11.8 Å². The molecule has 0 radical (unpaired) electrons. The molecule has 5 rings (SSSR count). The van der Waals surface area contributed by atoms with Gasteiger partial charge in [0.15, 0.2) is 0 Å². The van der Waals surface area contributed by atoms with Crippen molar-refractivity contribution < 1.29 is 8.42 Å². The summed E-state index contributed by atoms with van der Waals surface area (Å²) in [7, 11) is -3.05. The molecular weight excluding hydrogens is 402 g/mol. The SMILES string of the molecule is CCS(=O)(=O)N1CCN(C[C@H]2CC[C@H](C3=C4c5cc[nH]c5N=CN4NN3)CC2)CC1. The zero-order chi connectivity index (χ0) is 20.7. The van der Waals surface area contributed by atoms with Gasteiger partial charge in [-0.25, -0.2) is 18.4 Å². The van der Waals surface area contributed by atoms with Crippen LogP contribution in [-0.2, 0) is 10.0 Å². The van der Waals surface area contributed by atoms with Crippen LogP contribution in [0.4, 0.5) is 5.82 Å². The average Bonchev–Trinajstić information content (AvgIpc) is 3.41. The van der Waals surface area contributed by atoms with Gasteiger partial charge in [0.25, 0.3) is 0 Å². The zero-order valence-electron chi connectivity index (χ0n) is 17.5. The second-order valence-corrected chi connectivity index (χ2v) is 10.9. The molecule has 30 heavy (non-hydrogen) atoms. The van der Waals surface area contributed by atoms with Crippen molar-refractivity contribution >= 4 is 27.9 Å². The van der Waals surface area contributed by atoms with Gasteiger partial charge in [-0.1, -0.05) is 0 Å². The number of aromatic nitrogens is 1. The predicted molar refractivity (Wildman–Crippen MR) is 117 cm³/mol. The van der Waals surface area contributed by atoms with Gasteiger partial charge in [0.2, 0.25) is 10.0 Å². The summed E-state index contributed by atoms with van der Waals surface area (Å²) in [6.45, 7) is 5.78. The van der Waals surface area contributed by atoms with Crippen LogP contribution in [0.5, 0.6) is 0 Å². The first-order valence-corrected chi connectivity index (χ1v) is 12.6. The number of rotatable bonds is 5. The Morgan fingerprint density at radius 1 is 1.13 bits per heavy atom. The molecule has 2 fully saturated rings. The molecule has 164 valence electrons. The summed E-state index contributed by atoms with van der Waals surface area (Å²) in [5.74, 6) is 2.34. The number of allylic oxidation sites excluding steroid dienone is 1. The highest BCUT2D eigenvalue weighted by Gasteiger charge is 2.35. The van der Waals surface area contributed by atoms with E-state index in [1.165, 1.54) is 37.1 Å². The van der Waals surface area contributed by atoms with Gasteiger partial charge >= 0.3 is 0 Å². The van der Waals surface area contributed by atoms with Crippen molar-refractivity contribution in [2.75, 3.05) is 38.5 Å². The molecule has 3 N–H and O–H groups in total. The van der Waals surface area contributed by atoms with Crippen molar-refractivity contribution in [1.29, 1.82) is 0 Å². The Hall–Kier alpha value is -1.88. The number of fused-ring (bicyclic) bond motifs is 3. The van der Waals surface area contributed by atoms with Crippen molar-refractivity contribution in [3.8, 4) is 0 Å². The lowest BCUT2D eigenvalue weighted by Gasteiger charge is -2.37. The van der Waals surface area contributed by atoms with Crippen molar-refractivity contribution in [3.05, 3.63) is 23.5 Å². The summed E-state index contributed by atoms with van der Waals surface area (Å²) in [4.78, 5) is 10.1. The fourth-order valence-electron chi connectivity index (χ4n) is 5.17. The second-order valence-electron chi connectivity index (χ2n) is 8.67. The number of H-pyrrole nitrogens is 1. The Morgan fingerprint density at radius 2 is 1.90 bits per heavy atom. The zero-order valence-corrected chi connectivity index (χ0v) is 18.3. The lowest BCUT2D eigenvalue weighted by molar-refractivity contribution is 0.143. The predicted octanol–water partition coefficient (Wildman–Crippen LogP) is 1.46. The van der Waals surface area contributed by atoms with E-state index < -0.39 is 10.0 Å². The van der Waals surface area contributed by atoms with Gasteiger partial charge in [0.1, 0.15) is 12.2 Å². The smallest absolute Gasteiger partial charge is 0.213 e. The topological polar surface area (TPSA) is 96.1 Å². The molecule has 10 heteroatoms. The Morgan fingerprint density at radius 3 is 2.63 bits per heavy atom. The van der Waals surface area contributed by atoms with E-state index >= 15 is 0 Å². The molecule has 4 heterocycles. The first kappa shape index (κ1) is 20.0. The number of aromatic amines is 1. The maximum absolute atomic E-state index is 12.1. The van der Waals surface area contributed by atoms with E-state index in [4.69, 9.17) is 0 Å². The standard InChI is InChI=1S/C20H31N7O2S/c1-2-30(28,29)26-11-9-25(10-12-26)13-15-3-5-16(6-4-15)18-19-17-7-8-21-20(17)22-14-27(19)24-23-18/h7-8,14-16,21,23-24H,2-6,9-13H2,1H3/t15-,16-. The molecule has 1 saturated carbocycles. The van der Waals surface area contributed by atoms with Crippen LogP contribution < -0.4 is 11.0 Å². The minimum absolute atomic E-state index is 0.200. The maximum atomic E-state index is 12.1. The Kier molecular flexibility index (Phi) is 5.34. The lowest BCUT2D eigenvalue weighted by atomic mass is 9.79. The Labute approximate surface area is 178 Å². The Bertz CT molecular complexity index is 938. The molecule has 0 amide bonds. The highest BCUT2D eigenvalue weighted by Crippen LogP contribution is 2.40. The normalized spacial score (nSPS) is 27.8. The van der Waals surface area contributed by atoms with Gasteiger partial charge in [-0.15, -0.1) is 5.53 Å². The number of piperazine rings is 1. The number of sulfonamides is 1. The fraction of sp³-hybridized carbons (Fsp3) is 0.650. The molecule has 1 aromatic heterocycles. The van der Waals surface area contributed by atoms with Gasteiger partial charge in [-0.3, -0.25) is 0 Å². The summed E-state index contributed by atoms with van der Waals surface area (Å²) in [6, 6.07) is 2.09. The van der Waals surface area contributed by atoms with Crippen molar-refractivity contribution in [3.63, 3.8) is 0 Å². The molecule has 1 aromatic rings. The van der Waals surface area contributed by atoms with E-state index in [0.717, 1.165) is 31.0 Å². The van der Waals surface area contributed by atoms with Gasteiger partial charge in [-0.05, 0) is 44.6 Å². The number of hydrazine groups is 2. The largest absolute Gasteiger partial charge is 0.346 e. The number of nitrogens with zero attached hydrogens (tertiary/aromatic N) is 4. The molecule has 0 unspecified atom stereocenters. The molecule has 4 aliphatic rings. The number of aliphatic imine (C=N–C) groups is 1. The van der Waals surface area contributed by atoms with Gasteiger partial charge < -0.3 is 15.3 Å². The van der Waals surface area contributed by atoms with Crippen molar-refractivity contribution in [2.45, 2.75) is 32.6 Å². The molecule has 0 bridgehead atoms. The molecule has 1 aliphatic carbocycles. The van der Waals surface area contributed by atoms with Crippen molar-refractivity contribution in [1.82, 2.24) is 30.2 Å². The maximum Gasteiger partial charge on any atom is 0.213 e. The van der Waals surface area contributed by atoms with E-state index in [-0.39, 0.29) is 5.75 Å². The van der Waals surface area contributed by atoms with Crippen LogP contribution >= 0.6 is 0 Å². The van der Waals surface area contributed by atoms with Gasteiger partial charge in [0, 0.05) is 50.4 Å². The highest BCUT2D eigenvalue weighted by atomic mass is 32.2. The summed E-state index contributed by atoms with van der Waals surface area (Å²) in [5, 5.41) is 1.97. The Balaban J connectivity index is 1.16. The molecule has 0 atom stereocenters. The molecular formula is C20H31N7O2S. The summed E-state index contributed by atoms with van der Waals surface area (Å²) < 4.78 is 25.8. The molecule has 9 nitrogen and oxygen atoms in total. The third-order valence-electron chi connectivity index (χ3n) is 6.95. The van der Waals surface area contributed by atoms with E-state index in [2.05, 4.69) is 31.9 Å². The van der Waals surface area contributed by atoms with E-state index in [1.54, 1.807) is 11.2 Å². The number of nitrogens with one attached hydrogen (secondary N) is 3. The fourth-order valence-corrected chi connectivity index (χ4v) is 6.25. The average molecular weight is 434 g/mol. The first-order valence-electron chi connectivity index (χ1n) is 11.0. The van der Waals surface area contributed by atoms with E-state index in [0.29, 0.717) is 24.9 Å². The third-order valence-corrected chi connectivity index (χ3v) is 8.83. The van der Waals surface area contributed by atoms with Crippen LogP contribution in [0.2, 0.25) is 0 Å². The minimum Gasteiger partial charge on any atom is -0.346 e. The van der Waals surface area contributed by atoms with E-state index in [9.17, 15) is 8.42 Å². The highest BCUT2D eigenvalue weighted by molar-refractivity contribution is 7.89. The van der Waals surface area contributed by atoms with Crippen LogP contribution in [0.3, 0.4) is 0 Å². The van der Waals surface area contributed by atoms with E-state index in [1.807, 2.05) is 17.5 Å². The van der Waals surface area contributed by atoms with Crippen LogP contribution in [0.25, 0.3) is 5.70 Å². The summed E-state index contributed by atoms with van der Waals surface area (Å²) >= 11 is 0. The molecule has 0 aromatic carbocycles. The van der Waals surface area contributed by atoms with Gasteiger partial charge in [0.05, 0.1) is 17.1 Å². The third kappa shape index (κ3) is 3.66. The first-order chi connectivity index (χ1) is 14.5. The molecule has 1 saturated heterocycles. The van der Waals surface area contributed by atoms with Crippen LogP contribution in [-0.4, -0.2) is 72.4 Å². The lowest BCUT2D eigenvalue weighted by Crippen LogP contribution is -2.50. The summed E-state index contributed by atoms with van der Waals surface area (Å²) in [5.41, 5.74) is 10.2. The molecule has 3 aliphatic heterocycles. The monoisotopic (exact) mass is 433 g/mol. The van der Waals surface area contributed by atoms with Gasteiger partial charge in [-0.2, -0.15) is 4.31 Å². The van der Waals surface area contributed by atoms with Crippen LogP contribution in [0.1, 0.15) is 38.2 Å². The minimum atomic E-state index is -3.05. The quantitative estimate of drug-likeness (QED) is 0.651. The molecule has 0 spiro atoms. The van der Waals surface area contributed by atoms with Crippen LogP contribution in [0.15, 0.2) is 23.0 Å². The number of hydrogen-bond acceptors (Lipinski definition) is 7. The second kappa shape index (κ2) is 7.99. The van der Waals surface area contributed by atoms with Crippen molar-refractivity contribution in [2.24, 2.45) is 16.8 Å². The summed E-state index contributed by atoms with van der Waals surface area (Å²) in [6.07, 6.45) is 8.53.